The van der Waals surface area contributed by atoms with Gasteiger partial charge >= 0.3 is 5.97 Å². The molecule has 0 spiro atoms. The van der Waals surface area contributed by atoms with E-state index in [-0.39, 0.29) is 12.8 Å². The number of hydrogen-bond acceptors (Lipinski definition) is 3. The maximum Gasteiger partial charge on any atom is 0.331 e. The number of carbonyl (C=O) groups excluding carboxylic acids is 1. The first-order chi connectivity index (χ1) is 8.50. The summed E-state index contributed by atoms with van der Waals surface area (Å²) in [4.78, 5) is 23.2. The Morgan fingerprint density at radius 3 is 2.39 bits per heavy atom. The van der Waals surface area contributed by atoms with Crippen LogP contribution in [0.4, 0.5) is 0 Å². The van der Waals surface area contributed by atoms with Gasteiger partial charge in [0.15, 0.2) is 11.3 Å². The number of nitrogens with two attached hydrogens (primary N) is 1. The molecule has 0 bridgehead atoms. The second-order valence-electron chi connectivity index (χ2n) is 4.47. The van der Waals surface area contributed by atoms with Crippen molar-refractivity contribution < 1.29 is 14.7 Å². The topological polar surface area (TPSA) is 80.4 Å². The van der Waals surface area contributed by atoms with Crippen LogP contribution in [0.3, 0.4) is 0 Å². The molecule has 0 heterocycles. The van der Waals surface area contributed by atoms with Crippen molar-refractivity contribution in [2.45, 2.75) is 38.1 Å². The maximum atomic E-state index is 12.0. The van der Waals surface area contributed by atoms with Gasteiger partial charge in [-0.05, 0) is 12.0 Å². The van der Waals surface area contributed by atoms with Crippen molar-refractivity contribution in [2.75, 3.05) is 0 Å². The average Bonchev–Trinajstić information content (AvgIpc) is 2.36. The van der Waals surface area contributed by atoms with Crippen molar-refractivity contribution >= 4 is 11.8 Å². The Balaban J connectivity index is 2.87. The fraction of sp³-hybridized carbons (Fsp3) is 0.429. The number of carboxylic acids is 1. The first-order valence-electron chi connectivity index (χ1n) is 6.10. The first kappa shape index (κ1) is 14.4. The standard InChI is InChI=1S/C14H19NO3/c1-2-3-9-12(16)14(15,13(17)18)10-11-7-5-4-6-8-11/h4-8H,2-3,9-10,15H2,1H3,(H,17,18). The molecule has 0 amide bonds. The largest absolute Gasteiger partial charge is 0.480 e. The summed E-state index contributed by atoms with van der Waals surface area (Å²) in [6, 6.07) is 8.99. The SMILES string of the molecule is CCCCC(=O)C(N)(Cc1ccccc1)C(=O)O. The Morgan fingerprint density at radius 2 is 1.89 bits per heavy atom. The lowest BCUT2D eigenvalue weighted by atomic mass is 9.85. The molecule has 0 saturated carbocycles. The molecule has 1 atom stereocenters. The molecule has 3 N–H and O–H groups in total. The van der Waals surface area contributed by atoms with Crippen LogP contribution in [0.25, 0.3) is 0 Å². The van der Waals surface area contributed by atoms with Gasteiger partial charge in [-0.2, -0.15) is 0 Å². The summed E-state index contributed by atoms with van der Waals surface area (Å²) >= 11 is 0. The van der Waals surface area contributed by atoms with Crippen LogP contribution < -0.4 is 5.73 Å². The summed E-state index contributed by atoms with van der Waals surface area (Å²) in [6.07, 6.45) is 1.75. The third-order valence-electron chi connectivity index (χ3n) is 2.96. The van der Waals surface area contributed by atoms with Gasteiger partial charge in [-0.15, -0.1) is 0 Å². The number of carbonyl (C=O) groups is 2. The molecule has 0 radical (unpaired) electrons. The zero-order valence-electron chi connectivity index (χ0n) is 10.6. The quantitative estimate of drug-likeness (QED) is 0.722. The molecule has 1 aromatic rings. The van der Waals surface area contributed by atoms with E-state index in [0.717, 1.165) is 12.0 Å². The molecular weight excluding hydrogens is 230 g/mol. The summed E-state index contributed by atoms with van der Waals surface area (Å²) in [5.41, 5.74) is 4.76. The van der Waals surface area contributed by atoms with Crippen LogP contribution in [0, 0.1) is 0 Å². The number of unbranched alkanes of at least 4 members (excludes halogenated alkanes) is 1. The highest BCUT2D eigenvalue weighted by atomic mass is 16.4. The van der Waals surface area contributed by atoms with E-state index in [2.05, 4.69) is 0 Å². The summed E-state index contributed by atoms with van der Waals surface area (Å²) in [5, 5.41) is 9.22. The first-order valence-corrected chi connectivity index (χ1v) is 6.10. The van der Waals surface area contributed by atoms with Crippen LogP contribution in [0.15, 0.2) is 30.3 Å². The number of carboxylic acid groups (broad SMARTS) is 1. The van der Waals surface area contributed by atoms with E-state index in [1.165, 1.54) is 0 Å². The van der Waals surface area contributed by atoms with Crippen molar-refractivity contribution in [3.05, 3.63) is 35.9 Å². The molecule has 0 aromatic heterocycles. The van der Waals surface area contributed by atoms with E-state index in [4.69, 9.17) is 5.73 Å². The molecule has 4 nitrogen and oxygen atoms in total. The van der Waals surface area contributed by atoms with Crippen molar-refractivity contribution in [3.8, 4) is 0 Å². The van der Waals surface area contributed by atoms with Crippen LogP contribution in [0.2, 0.25) is 0 Å². The summed E-state index contributed by atoms with van der Waals surface area (Å²) in [6.45, 7) is 1.95. The number of benzene rings is 1. The Bertz CT molecular complexity index is 416. The third-order valence-corrected chi connectivity index (χ3v) is 2.96. The highest BCUT2D eigenvalue weighted by molar-refractivity contribution is 6.07. The number of hydrogen-bond donors (Lipinski definition) is 2. The maximum absolute atomic E-state index is 12.0. The Kier molecular flexibility index (Phi) is 5.04. The summed E-state index contributed by atoms with van der Waals surface area (Å²) in [7, 11) is 0. The van der Waals surface area contributed by atoms with Crippen LogP contribution in [-0.2, 0) is 16.0 Å². The second kappa shape index (κ2) is 6.31. The van der Waals surface area contributed by atoms with Gasteiger partial charge in [-0.25, -0.2) is 4.79 Å². The average molecular weight is 249 g/mol. The number of rotatable bonds is 7. The highest BCUT2D eigenvalue weighted by Crippen LogP contribution is 2.16. The van der Waals surface area contributed by atoms with E-state index in [1.54, 1.807) is 24.3 Å². The second-order valence-corrected chi connectivity index (χ2v) is 4.47. The van der Waals surface area contributed by atoms with E-state index < -0.39 is 17.3 Å². The van der Waals surface area contributed by atoms with Gasteiger partial charge in [0.25, 0.3) is 0 Å². The van der Waals surface area contributed by atoms with Crippen molar-refractivity contribution in [1.29, 1.82) is 0 Å². The normalized spacial score (nSPS) is 13.9. The Hall–Kier alpha value is -1.68. The molecule has 1 aromatic carbocycles. The molecule has 0 aliphatic carbocycles. The van der Waals surface area contributed by atoms with Crippen molar-refractivity contribution in [1.82, 2.24) is 0 Å². The number of Topliss-reactive ketones (excluding diaryl/α,β-unsaturated/α-hetero) is 1. The van der Waals surface area contributed by atoms with E-state index in [9.17, 15) is 14.7 Å². The van der Waals surface area contributed by atoms with Crippen LogP contribution >= 0.6 is 0 Å². The smallest absolute Gasteiger partial charge is 0.331 e. The number of aliphatic carboxylic acids is 1. The molecule has 4 heteroatoms. The fourth-order valence-corrected chi connectivity index (χ4v) is 1.77. The van der Waals surface area contributed by atoms with Gasteiger partial charge in [0.1, 0.15) is 0 Å². The molecule has 1 rings (SSSR count). The lowest BCUT2D eigenvalue weighted by Crippen LogP contribution is -2.56. The minimum Gasteiger partial charge on any atom is -0.480 e. The Morgan fingerprint density at radius 1 is 1.28 bits per heavy atom. The minimum atomic E-state index is -1.81. The van der Waals surface area contributed by atoms with Crippen LogP contribution in [0.1, 0.15) is 31.7 Å². The lowest BCUT2D eigenvalue weighted by Gasteiger charge is -2.23. The Labute approximate surface area is 107 Å². The van der Waals surface area contributed by atoms with E-state index >= 15 is 0 Å². The molecule has 0 aliphatic rings. The minimum absolute atomic E-state index is 0.0335. The van der Waals surface area contributed by atoms with Gasteiger partial charge in [0.2, 0.25) is 0 Å². The molecule has 18 heavy (non-hydrogen) atoms. The van der Waals surface area contributed by atoms with E-state index in [0.29, 0.717) is 6.42 Å². The van der Waals surface area contributed by atoms with E-state index in [1.807, 2.05) is 13.0 Å². The summed E-state index contributed by atoms with van der Waals surface area (Å²) in [5.74, 6) is -1.66. The fourth-order valence-electron chi connectivity index (χ4n) is 1.77. The van der Waals surface area contributed by atoms with Crippen molar-refractivity contribution in [2.24, 2.45) is 5.73 Å². The zero-order chi connectivity index (χ0) is 13.6. The number of ketones is 1. The molecule has 98 valence electrons. The zero-order valence-corrected chi connectivity index (χ0v) is 10.6. The molecule has 0 aliphatic heterocycles. The third kappa shape index (κ3) is 3.40. The molecule has 0 saturated heterocycles. The van der Waals surface area contributed by atoms with Crippen LogP contribution in [0.5, 0.6) is 0 Å². The van der Waals surface area contributed by atoms with Crippen LogP contribution in [-0.4, -0.2) is 22.4 Å². The van der Waals surface area contributed by atoms with Gasteiger partial charge in [-0.3, -0.25) is 4.79 Å². The summed E-state index contributed by atoms with van der Waals surface area (Å²) < 4.78 is 0. The molecule has 0 fully saturated rings. The van der Waals surface area contributed by atoms with Gasteiger partial charge in [0, 0.05) is 12.8 Å². The highest BCUT2D eigenvalue weighted by Gasteiger charge is 2.41. The predicted octanol–water partition coefficient (Wildman–Crippen LogP) is 1.77. The monoisotopic (exact) mass is 249 g/mol. The van der Waals surface area contributed by atoms with Crippen molar-refractivity contribution in [3.63, 3.8) is 0 Å². The van der Waals surface area contributed by atoms with Gasteiger partial charge in [-0.1, -0.05) is 43.7 Å². The lowest BCUT2D eigenvalue weighted by molar-refractivity contribution is -0.148. The van der Waals surface area contributed by atoms with Gasteiger partial charge < -0.3 is 10.8 Å². The molecular formula is C14H19NO3. The predicted molar refractivity (Wildman–Crippen MR) is 69.2 cm³/mol. The molecule has 1 unspecified atom stereocenters. The van der Waals surface area contributed by atoms with Gasteiger partial charge in [0.05, 0.1) is 0 Å².